The molecular weight excluding hydrogens is 325 g/mol. The fraction of sp³-hybridized carbons (Fsp3) is 0.222. The summed E-state index contributed by atoms with van der Waals surface area (Å²) in [6.07, 6.45) is 1.62. The number of hydrogen-bond acceptors (Lipinski definition) is 4. The van der Waals surface area contributed by atoms with Crippen molar-refractivity contribution in [1.82, 2.24) is 14.9 Å². The molecule has 0 bridgehead atoms. The van der Waals surface area contributed by atoms with Crippen LogP contribution in [0.1, 0.15) is 5.56 Å². The molecule has 3 aromatic rings. The fourth-order valence-electron chi connectivity index (χ4n) is 2.73. The summed E-state index contributed by atoms with van der Waals surface area (Å²) in [5.74, 6) is 0.880. The molecule has 6 nitrogen and oxygen atoms in total. The van der Waals surface area contributed by atoms with Crippen LogP contribution in [0.4, 0.5) is 4.39 Å². The Hall–Kier alpha value is -3.09. The predicted molar refractivity (Wildman–Crippen MR) is 89.0 cm³/mol. The van der Waals surface area contributed by atoms with Gasteiger partial charge in [0.25, 0.3) is 0 Å². The number of nitrogens with one attached hydrogen (secondary N) is 1. The zero-order chi connectivity index (χ0) is 17.2. The lowest BCUT2D eigenvalue weighted by atomic mass is 10.2. The molecule has 1 aliphatic rings. The van der Waals surface area contributed by atoms with Crippen molar-refractivity contribution in [1.29, 1.82) is 0 Å². The maximum Gasteiger partial charge on any atom is 0.240 e. The average molecular weight is 341 g/mol. The number of rotatable bonds is 4. The van der Waals surface area contributed by atoms with Crippen molar-refractivity contribution in [2.45, 2.75) is 13.1 Å². The largest absolute Gasteiger partial charge is 0.486 e. The molecule has 25 heavy (non-hydrogen) atoms. The molecular formula is C18H16FN3O3. The maximum absolute atomic E-state index is 12.9. The number of carbonyl (C=O) groups excluding carboxylic acids is 1. The minimum Gasteiger partial charge on any atom is -0.486 e. The Morgan fingerprint density at radius 2 is 1.88 bits per heavy atom. The van der Waals surface area contributed by atoms with Crippen LogP contribution < -0.4 is 14.8 Å². The first-order valence-electron chi connectivity index (χ1n) is 7.95. The van der Waals surface area contributed by atoms with Crippen LogP contribution in [0.15, 0.2) is 42.7 Å². The Bertz CT molecular complexity index is 921. The van der Waals surface area contributed by atoms with E-state index >= 15 is 0 Å². The first kappa shape index (κ1) is 15.4. The van der Waals surface area contributed by atoms with Crippen molar-refractivity contribution in [3.8, 4) is 11.5 Å². The molecule has 0 spiro atoms. The predicted octanol–water partition coefficient (Wildman–Crippen LogP) is 2.26. The summed E-state index contributed by atoms with van der Waals surface area (Å²) < 4.78 is 25.8. The van der Waals surface area contributed by atoms with Gasteiger partial charge >= 0.3 is 0 Å². The SMILES string of the molecule is O=C(Cn1cnc2cc3c(cc21)OCCO3)NCc1ccc(F)cc1. The summed E-state index contributed by atoms with van der Waals surface area (Å²) >= 11 is 0. The highest BCUT2D eigenvalue weighted by molar-refractivity contribution is 5.83. The van der Waals surface area contributed by atoms with E-state index in [9.17, 15) is 9.18 Å². The molecule has 2 heterocycles. The normalized spacial score (nSPS) is 13.0. The van der Waals surface area contributed by atoms with Crippen LogP contribution in [0.2, 0.25) is 0 Å². The maximum atomic E-state index is 12.9. The molecule has 0 radical (unpaired) electrons. The second kappa shape index (κ2) is 6.43. The average Bonchev–Trinajstić information content (AvgIpc) is 3.01. The molecule has 1 aromatic heterocycles. The third kappa shape index (κ3) is 3.26. The topological polar surface area (TPSA) is 65.4 Å². The first-order valence-corrected chi connectivity index (χ1v) is 7.95. The Morgan fingerprint density at radius 3 is 2.64 bits per heavy atom. The van der Waals surface area contributed by atoms with Gasteiger partial charge in [-0.25, -0.2) is 9.37 Å². The van der Waals surface area contributed by atoms with E-state index in [2.05, 4.69) is 10.3 Å². The summed E-state index contributed by atoms with van der Waals surface area (Å²) in [6.45, 7) is 1.51. The van der Waals surface area contributed by atoms with Crippen LogP contribution in [0, 0.1) is 5.82 Å². The minimum absolute atomic E-state index is 0.136. The highest BCUT2D eigenvalue weighted by Crippen LogP contribution is 2.34. The lowest BCUT2D eigenvalue weighted by Crippen LogP contribution is -2.26. The van der Waals surface area contributed by atoms with E-state index in [4.69, 9.17) is 9.47 Å². The van der Waals surface area contributed by atoms with Crippen LogP contribution in [0.3, 0.4) is 0 Å². The zero-order valence-electron chi connectivity index (χ0n) is 13.4. The third-order valence-corrected chi connectivity index (χ3v) is 4.00. The van der Waals surface area contributed by atoms with Crippen LogP contribution in [-0.4, -0.2) is 28.7 Å². The number of aromatic nitrogens is 2. The van der Waals surface area contributed by atoms with Gasteiger partial charge in [0.05, 0.1) is 17.4 Å². The number of halogens is 1. The standard InChI is InChI=1S/C18H16FN3O3/c19-13-3-1-12(2-4-13)9-20-18(23)10-22-11-21-14-7-16-17(8-15(14)22)25-6-5-24-16/h1-4,7-8,11H,5-6,9-10H2,(H,20,23). The first-order chi connectivity index (χ1) is 12.2. The highest BCUT2D eigenvalue weighted by atomic mass is 19.1. The summed E-state index contributed by atoms with van der Waals surface area (Å²) in [5, 5.41) is 2.82. The van der Waals surface area contributed by atoms with Crippen molar-refractivity contribution < 1.29 is 18.7 Å². The van der Waals surface area contributed by atoms with Crippen molar-refractivity contribution in [2.75, 3.05) is 13.2 Å². The van der Waals surface area contributed by atoms with E-state index in [1.165, 1.54) is 12.1 Å². The molecule has 4 rings (SSSR count). The van der Waals surface area contributed by atoms with E-state index in [-0.39, 0.29) is 18.3 Å². The van der Waals surface area contributed by atoms with Gasteiger partial charge in [0.1, 0.15) is 25.6 Å². The van der Waals surface area contributed by atoms with E-state index in [0.29, 0.717) is 31.3 Å². The van der Waals surface area contributed by atoms with Gasteiger partial charge in [-0.1, -0.05) is 12.1 Å². The van der Waals surface area contributed by atoms with Gasteiger partial charge in [-0.15, -0.1) is 0 Å². The van der Waals surface area contributed by atoms with Crippen molar-refractivity contribution >= 4 is 16.9 Å². The lowest BCUT2D eigenvalue weighted by molar-refractivity contribution is -0.121. The van der Waals surface area contributed by atoms with Crippen molar-refractivity contribution in [2.24, 2.45) is 0 Å². The zero-order valence-corrected chi connectivity index (χ0v) is 13.4. The molecule has 0 aliphatic carbocycles. The van der Waals surface area contributed by atoms with Crippen LogP contribution in [0.5, 0.6) is 11.5 Å². The van der Waals surface area contributed by atoms with Gasteiger partial charge < -0.3 is 19.4 Å². The van der Waals surface area contributed by atoms with Crippen molar-refractivity contribution in [3.05, 3.63) is 54.1 Å². The van der Waals surface area contributed by atoms with Gasteiger partial charge in [-0.2, -0.15) is 0 Å². The van der Waals surface area contributed by atoms with Crippen LogP contribution >= 0.6 is 0 Å². The quantitative estimate of drug-likeness (QED) is 0.791. The smallest absolute Gasteiger partial charge is 0.240 e. The van der Waals surface area contributed by atoms with Gasteiger partial charge in [0.15, 0.2) is 11.5 Å². The van der Waals surface area contributed by atoms with Gasteiger partial charge in [-0.05, 0) is 17.7 Å². The molecule has 1 N–H and O–H groups in total. The van der Waals surface area contributed by atoms with E-state index in [1.807, 2.05) is 12.1 Å². The van der Waals surface area contributed by atoms with Gasteiger partial charge in [-0.3, -0.25) is 4.79 Å². The van der Waals surface area contributed by atoms with E-state index in [1.54, 1.807) is 23.0 Å². The molecule has 2 aromatic carbocycles. The Kier molecular flexibility index (Phi) is 3.97. The number of hydrogen-bond donors (Lipinski definition) is 1. The molecule has 0 saturated carbocycles. The minimum atomic E-state index is -0.297. The summed E-state index contributed by atoms with van der Waals surface area (Å²) in [4.78, 5) is 16.5. The molecule has 0 atom stereocenters. The number of fused-ring (bicyclic) bond motifs is 2. The molecule has 7 heteroatoms. The monoisotopic (exact) mass is 341 g/mol. The number of ether oxygens (including phenoxy) is 2. The highest BCUT2D eigenvalue weighted by Gasteiger charge is 2.16. The van der Waals surface area contributed by atoms with Gasteiger partial charge in [0.2, 0.25) is 5.91 Å². The van der Waals surface area contributed by atoms with E-state index in [0.717, 1.165) is 16.6 Å². The molecule has 0 saturated heterocycles. The summed E-state index contributed by atoms with van der Waals surface area (Å²) in [5.41, 5.74) is 2.39. The van der Waals surface area contributed by atoms with Crippen LogP contribution in [-0.2, 0) is 17.9 Å². The second-order valence-electron chi connectivity index (χ2n) is 5.76. The van der Waals surface area contributed by atoms with Crippen LogP contribution in [0.25, 0.3) is 11.0 Å². The molecule has 0 unspecified atom stereocenters. The van der Waals surface area contributed by atoms with Gasteiger partial charge in [0, 0.05) is 18.7 Å². The number of amides is 1. The summed E-state index contributed by atoms with van der Waals surface area (Å²) in [6, 6.07) is 9.69. The second-order valence-corrected chi connectivity index (χ2v) is 5.76. The molecule has 128 valence electrons. The number of carbonyl (C=O) groups is 1. The third-order valence-electron chi connectivity index (χ3n) is 4.00. The molecule has 0 fully saturated rings. The fourth-order valence-corrected chi connectivity index (χ4v) is 2.73. The Labute approximate surface area is 143 Å². The van der Waals surface area contributed by atoms with Crippen molar-refractivity contribution in [3.63, 3.8) is 0 Å². The van der Waals surface area contributed by atoms with E-state index < -0.39 is 0 Å². The Morgan fingerprint density at radius 1 is 1.16 bits per heavy atom. The summed E-state index contributed by atoms with van der Waals surface area (Å²) in [7, 11) is 0. The number of benzene rings is 2. The molecule has 1 amide bonds. The Balaban J connectivity index is 1.46. The lowest BCUT2D eigenvalue weighted by Gasteiger charge is -2.18. The number of nitrogens with zero attached hydrogens (tertiary/aromatic N) is 2. The number of imidazole rings is 1. The molecule has 1 aliphatic heterocycles.